The third kappa shape index (κ3) is 3.81. The molecule has 0 unspecified atom stereocenters. The highest BCUT2D eigenvalue weighted by atomic mass is 32.1. The van der Waals surface area contributed by atoms with Crippen molar-refractivity contribution in [2.75, 3.05) is 5.32 Å². The lowest BCUT2D eigenvalue weighted by Crippen LogP contribution is -2.13. The van der Waals surface area contributed by atoms with Crippen molar-refractivity contribution < 1.29 is 14.1 Å². The molecule has 5 heterocycles. The normalized spacial score (nSPS) is 11.2. The van der Waals surface area contributed by atoms with Gasteiger partial charge in [0.1, 0.15) is 5.69 Å². The lowest BCUT2D eigenvalue weighted by molar-refractivity contribution is 0.0994. The quantitative estimate of drug-likeness (QED) is 0.335. The minimum Gasteiger partial charge on any atom is -0.364 e. The van der Waals surface area contributed by atoms with Crippen LogP contribution in [0.3, 0.4) is 0 Å². The number of thiazole rings is 1. The topological polar surface area (TPSA) is 140 Å². The molecule has 0 aliphatic carbocycles. The first-order valence-electron chi connectivity index (χ1n) is 9.90. The van der Waals surface area contributed by atoms with Crippen LogP contribution in [0.4, 0.5) is 5.13 Å². The fourth-order valence-electron chi connectivity index (χ4n) is 3.61. The average molecular weight is 479 g/mol. The lowest BCUT2D eigenvalue weighted by atomic mass is 10.1. The maximum atomic E-state index is 13.3. The molecule has 0 atom stereocenters. The number of carbonyl (C=O) groups excluding carboxylic acids is 2. The Labute approximate surface area is 195 Å². The van der Waals surface area contributed by atoms with Gasteiger partial charge in [0, 0.05) is 32.5 Å². The van der Waals surface area contributed by atoms with Crippen LogP contribution >= 0.6 is 22.7 Å². The number of hydrogen-bond donors (Lipinski definition) is 3. The number of pyridine rings is 1. The number of amides is 2. The Bertz CT molecular complexity index is 1540. The molecule has 0 saturated heterocycles. The third-order valence-corrected chi connectivity index (χ3v) is 6.87. The molecule has 0 radical (unpaired) electrons. The number of rotatable bonds is 5. The molecule has 11 heteroatoms. The summed E-state index contributed by atoms with van der Waals surface area (Å²) in [5.74, 6) is -0.894. The summed E-state index contributed by atoms with van der Waals surface area (Å²) in [5.41, 5.74) is 9.80. The predicted octanol–water partition coefficient (Wildman–Crippen LogP) is 4.68. The van der Waals surface area contributed by atoms with Crippen LogP contribution in [0.1, 0.15) is 36.3 Å². The minimum atomic E-state index is -0.553. The van der Waals surface area contributed by atoms with E-state index >= 15 is 0 Å². The Morgan fingerprint density at radius 2 is 1.94 bits per heavy atom. The second kappa shape index (κ2) is 7.94. The largest absolute Gasteiger partial charge is 0.364 e. The molecule has 0 saturated carbocycles. The van der Waals surface area contributed by atoms with Gasteiger partial charge in [-0.2, -0.15) is 0 Å². The molecular formula is C22H18N6O3S2. The van der Waals surface area contributed by atoms with Crippen molar-refractivity contribution in [3.63, 3.8) is 0 Å². The monoisotopic (exact) mass is 478 g/mol. The van der Waals surface area contributed by atoms with Gasteiger partial charge in [-0.25, -0.2) is 9.97 Å². The highest BCUT2D eigenvalue weighted by molar-refractivity contribution is 7.14. The molecule has 0 bridgehead atoms. The van der Waals surface area contributed by atoms with Crippen LogP contribution in [0.25, 0.3) is 33.6 Å². The molecule has 0 fully saturated rings. The van der Waals surface area contributed by atoms with E-state index in [1.165, 1.54) is 11.3 Å². The summed E-state index contributed by atoms with van der Waals surface area (Å²) in [7, 11) is 0. The Morgan fingerprint density at radius 3 is 2.64 bits per heavy atom. The van der Waals surface area contributed by atoms with Gasteiger partial charge in [-0.1, -0.05) is 5.16 Å². The molecule has 5 rings (SSSR count). The highest BCUT2D eigenvalue weighted by Gasteiger charge is 2.21. The summed E-state index contributed by atoms with van der Waals surface area (Å²) in [6.45, 7) is 5.82. The van der Waals surface area contributed by atoms with Gasteiger partial charge in [0.15, 0.2) is 5.13 Å². The van der Waals surface area contributed by atoms with Crippen LogP contribution in [0.15, 0.2) is 34.3 Å². The highest BCUT2D eigenvalue weighted by Crippen LogP contribution is 2.33. The number of nitrogens with zero attached hydrogens (tertiary/aromatic N) is 3. The standard InChI is InChI=1S/C22H18N6O3S2/c1-9-4-13(11(3)33-9)15-6-14(18-10(2)28-31-21(18)25-15)20(30)27-22-26-17(8-32-22)12-5-16(19(23)29)24-7-12/h4-8,24H,1-3H3,(H2,23,29)(H,26,27,30). The summed E-state index contributed by atoms with van der Waals surface area (Å²) in [6, 6.07) is 5.42. The van der Waals surface area contributed by atoms with Crippen molar-refractivity contribution in [3.8, 4) is 22.5 Å². The van der Waals surface area contributed by atoms with Crippen LogP contribution in [0, 0.1) is 20.8 Å². The van der Waals surface area contributed by atoms with Gasteiger partial charge in [0.05, 0.1) is 28.0 Å². The zero-order chi connectivity index (χ0) is 23.3. The average Bonchev–Trinajstić information content (AvgIpc) is 3.55. The third-order valence-electron chi connectivity index (χ3n) is 5.15. The van der Waals surface area contributed by atoms with Crippen molar-refractivity contribution in [3.05, 3.63) is 56.5 Å². The first-order valence-corrected chi connectivity index (χ1v) is 11.6. The van der Waals surface area contributed by atoms with Crippen molar-refractivity contribution >= 4 is 50.7 Å². The van der Waals surface area contributed by atoms with Gasteiger partial charge in [-0.05, 0) is 39.0 Å². The van der Waals surface area contributed by atoms with E-state index in [1.807, 2.05) is 19.9 Å². The van der Waals surface area contributed by atoms with Crippen LogP contribution in [0.2, 0.25) is 0 Å². The number of aromatic amines is 1. The lowest BCUT2D eigenvalue weighted by Gasteiger charge is -2.06. The number of nitrogens with two attached hydrogens (primary N) is 1. The van der Waals surface area contributed by atoms with Crippen LogP contribution in [0.5, 0.6) is 0 Å². The number of carbonyl (C=O) groups is 2. The summed E-state index contributed by atoms with van der Waals surface area (Å²) < 4.78 is 5.39. The molecule has 0 spiro atoms. The Balaban J connectivity index is 1.49. The number of hydrogen-bond acceptors (Lipinski definition) is 8. The number of aromatic nitrogens is 4. The zero-order valence-electron chi connectivity index (χ0n) is 17.8. The SMILES string of the molecule is Cc1cc(-c2cc(C(=O)Nc3nc(-c4c[nH]c(C(N)=O)c4)cs3)c3c(C)noc3n2)c(C)s1. The maximum absolute atomic E-state index is 13.3. The number of nitrogens with one attached hydrogen (secondary N) is 2. The van der Waals surface area contributed by atoms with Crippen LogP contribution < -0.4 is 11.1 Å². The van der Waals surface area contributed by atoms with Gasteiger partial charge < -0.3 is 15.2 Å². The molecule has 2 amide bonds. The Hall–Kier alpha value is -3.83. The molecule has 5 aromatic heterocycles. The molecule has 166 valence electrons. The van der Waals surface area contributed by atoms with Gasteiger partial charge in [0.2, 0.25) is 0 Å². The maximum Gasteiger partial charge on any atom is 0.265 e. The number of aryl methyl sites for hydroxylation is 3. The number of H-pyrrole nitrogens is 1. The smallest absolute Gasteiger partial charge is 0.265 e. The Morgan fingerprint density at radius 1 is 1.12 bits per heavy atom. The minimum absolute atomic E-state index is 0.289. The predicted molar refractivity (Wildman–Crippen MR) is 128 cm³/mol. The van der Waals surface area contributed by atoms with Gasteiger partial charge >= 0.3 is 0 Å². The van der Waals surface area contributed by atoms with E-state index in [2.05, 4.69) is 25.4 Å². The Kier molecular flexibility index (Phi) is 5.06. The van der Waals surface area contributed by atoms with E-state index in [1.54, 1.807) is 42.0 Å². The first kappa shape index (κ1) is 21.0. The van der Waals surface area contributed by atoms with E-state index in [0.717, 1.165) is 15.3 Å². The number of anilines is 1. The van der Waals surface area contributed by atoms with Crippen molar-refractivity contribution in [2.45, 2.75) is 20.8 Å². The molecule has 9 nitrogen and oxygen atoms in total. The molecule has 33 heavy (non-hydrogen) atoms. The fraction of sp³-hybridized carbons (Fsp3) is 0.136. The number of thiophene rings is 1. The van der Waals surface area contributed by atoms with E-state index in [0.29, 0.717) is 44.4 Å². The molecule has 4 N–H and O–H groups in total. The molecule has 5 aromatic rings. The van der Waals surface area contributed by atoms with Crippen LogP contribution in [-0.4, -0.2) is 31.9 Å². The van der Waals surface area contributed by atoms with Crippen molar-refractivity contribution in [1.82, 2.24) is 20.1 Å². The first-order chi connectivity index (χ1) is 15.8. The van der Waals surface area contributed by atoms with E-state index < -0.39 is 5.91 Å². The fourth-order valence-corrected chi connectivity index (χ4v) is 5.26. The summed E-state index contributed by atoms with van der Waals surface area (Å²) >= 11 is 2.95. The van der Waals surface area contributed by atoms with E-state index in [4.69, 9.17) is 10.3 Å². The van der Waals surface area contributed by atoms with Crippen molar-refractivity contribution in [1.29, 1.82) is 0 Å². The number of fused-ring (bicyclic) bond motifs is 1. The summed E-state index contributed by atoms with van der Waals surface area (Å²) in [6.07, 6.45) is 1.64. The molecule has 0 aliphatic rings. The second-order valence-electron chi connectivity index (χ2n) is 7.49. The second-order valence-corrected chi connectivity index (χ2v) is 9.81. The molecule has 0 aliphatic heterocycles. The molecular weight excluding hydrogens is 460 g/mol. The number of primary amides is 1. The van der Waals surface area contributed by atoms with E-state index in [9.17, 15) is 9.59 Å². The summed E-state index contributed by atoms with van der Waals surface area (Å²) in [4.78, 5) is 38.7. The summed E-state index contributed by atoms with van der Waals surface area (Å²) in [5, 5.41) is 9.63. The van der Waals surface area contributed by atoms with Gasteiger partial charge in [0.25, 0.3) is 17.5 Å². The zero-order valence-corrected chi connectivity index (χ0v) is 19.5. The van der Waals surface area contributed by atoms with Crippen molar-refractivity contribution in [2.24, 2.45) is 5.73 Å². The van der Waals surface area contributed by atoms with Gasteiger partial charge in [-0.3, -0.25) is 14.9 Å². The van der Waals surface area contributed by atoms with E-state index in [-0.39, 0.29) is 11.6 Å². The molecule has 0 aromatic carbocycles. The van der Waals surface area contributed by atoms with Crippen LogP contribution in [-0.2, 0) is 0 Å². The van der Waals surface area contributed by atoms with Gasteiger partial charge in [-0.15, -0.1) is 22.7 Å².